The summed E-state index contributed by atoms with van der Waals surface area (Å²) >= 11 is 5.73. The van der Waals surface area contributed by atoms with Crippen LogP contribution in [0.15, 0.2) is 17.0 Å². The van der Waals surface area contributed by atoms with Gasteiger partial charge in [0.25, 0.3) is 0 Å². The number of halogens is 2. The molecule has 1 aromatic carbocycles. The van der Waals surface area contributed by atoms with Crippen molar-refractivity contribution in [2.75, 3.05) is 6.61 Å². The Balaban J connectivity index is 2.92. The third kappa shape index (κ3) is 4.23. The number of aliphatic carboxylic acids is 1. The van der Waals surface area contributed by atoms with Crippen molar-refractivity contribution in [3.05, 3.63) is 29.3 Å². The van der Waals surface area contributed by atoms with Gasteiger partial charge in [-0.15, -0.1) is 0 Å². The van der Waals surface area contributed by atoms with Crippen LogP contribution >= 0.6 is 24.0 Å². The highest BCUT2D eigenvalue weighted by Crippen LogP contribution is 2.25. The molecule has 0 unspecified atom stereocenters. The maximum Gasteiger partial charge on any atom is 0.308 e. The van der Waals surface area contributed by atoms with E-state index < -0.39 is 29.6 Å². The lowest BCUT2D eigenvalue weighted by atomic mass is 10.1. The summed E-state index contributed by atoms with van der Waals surface area (Å²) in [6.45, 7) is 2.11. The molecule has 0 aromatic heterocycles. The molecule has 0 bridgehead atoms. The van der Waals surface area contributed by atoms with Crippen LogP contribution in [0.5, 0.6) is 0 Å². The summed E-state index contributed by atoms with van der Waals surface area (Å²) in [6.07, 6.45) is -0.696. The molecular formula is C11H10F2O3S2. The number of hydrogen-bond donors (Lipinski definition) is 1. The van der Waals surface area contributed by atoms with Crippen LogP contribution in [0.4, 0.5) is 8.78 Å². The molecule has 1 rings (SSSR count). The maximum atomic E-state index is 13.5. The quantitative estimate of drug-likeness (QED) is 0.683. The molecule has 98 valence electrons. The second-order valence-corrected chi connectivity index (χ2v) is 4.90. The largest absolute Gasteiger partial charge is 0.481 e. The molecule has 0 spiro atoms. The van der Waals surface area contributed by atoms with E-state index in [2.05, 4.69) is 0 Å². The monoisotopic (exact) mass is 292 g/mol. The molecule has 1 N–H and O–H groups in total. The molecule has 3 nitrogen and oxygen atoms in total. The Kier molecular flexibility index (Phi) is 5.49. The van der Waals surface area contributed by atoms with Crippen molar-refractivity contribution in [3.8, 4) is 0 Å². The van der Waals surface area contributed by atoms with Crippen molar-refractivity contribution in [3.63, 3.8) is 0 Å². The fraction of sp³-hybridized carbons (Fsp3) is 0.273. The van der Waals surface area contributed by atoms with Gasteiger partial charge in [-0.3, -0.25) is 4.79 Å². The van der Waals surface area contributed by atoms with E-state index in [0.717, 1.165) is 23.9 Å². The molecule has 7 heteroatoms. The van der Waals surface area contributed by atoms with E-state index in [4.69, 9.17) is 22.1 Å². The minimum Gasteiger partial charge on any atom is -0.481 e. The topological polar surface area (TPSA) is 46.5 Å². The van der Waals surface area contributed by atoms with Gasteiger partial charge in [0.05, 0.1) is 13.0 Å². The molecule has 0 fully saturated rings. The first-order valence-corrected chi connectivity index (χ1v) is 6.20. The highest BCUT2D eigenvalue weighted by Gasteiger charge is 2.15. The fourth-order valence-electron chi connectivity index (χ4n) is 1.20. The van der Waals surface area contributed by atoms with Gasteiger partial charge in [-0.05, 0) is 43.0 Å². The Morgan fingerprint density at radius 3 is 2.44 bits per heavy atom. The third-order valence-corrected chi connectivity index (χ3v) is 3.03. The maximum absolute atomic E-state index is 13.5. The second kappa shape index (κ2) is 6.65. The Morgan fingerprint density at radius 2 is 2.00 bits per heavy atom. The predicted octanol–water partition coefficient (Wildman–Crippen LogP) is 3.01. The number of carboxylic acids is 1. The number of hydrogen-bond acceptors (Lipinski definition) is 4. The Labute approximate surface area is 112 Å². The molecule has 0 saturated heterocycles. The van der Waals surface area contributed by atoms with Gasteiger partial charge in [0.2, 0.25) is 4.38 Å². The zero-order chi connectivity index (χ0) is 13.7. The molecule has 0 aliphatic carbocycles. The fourth-order valence-corrected chi connectivity index (χ4v) is 2.30. The van der Waals surface area contributed by atoms with E-state index >= 15 is 0 Å². The predicted molar refractivity (Wildman–Crippen MR) is 67.8 cm³/mol. The van der Waals surface area contributed by atoms with Crippen LogP contribution in [0.2, 0.25) is 0 Å². The molecule has 0 radical (unpaired) electrons. The minimum absolute atomic E-state index is 0.155. The van der Waals surface area contributed by atoms with Crippen LogP contribution in [0.25, 0.3) is 0 Å². The highest BCUT2D eigenvalue weighted by molar-refractivity contribution is 8.22. The van der Waals surface area contributed by atoms with Crippen LogP contribution in [0, 0.1) is 11.6 Å². The summed E-state index contributed by atoms with van der Waals surface area (Å²) in [7, 11) is 0. The number of thioether (sulfide) groups is 1. The van der Waals surface area contributed by atoms with Crippen molar-refractivity contribution in [1.82, 2.24) is 0 Å². The van der Waals surface area contributed by atoms with Gasteiger partial charge in [-0.25, -0.2) is 8.78 Å². The number of benzene rings is 1. The van der Waals surface area contributed by atoms with Crippen molar-refractivity contribution in [1.29, 1.82) is 0 Å². The SMILES string of the molecule is CCOC(=S)Sc1cc(F)c(CC(=O)O)c(F)c1. The zero-order valence-corrected chi connectivity index (χ0v) is 11.0. The molecule has 0 atom stereocenters. The number of carbonyl (C=O) groups is 1. The van der Waals surface area contributed by atoms with Gasteiger partial charge in [0.1, 0.15) is 11.6 Å². The van der Waals surface area contributed by atoms with Crippen molar-refractivity contribution in [2.45, 2.75) is 18.2 Å². The van der Waals surface area contributed by atoms with Crippen LogP contribution in [-0.4, -0.2) is 22.1 Å². The third-order valence-electron chi connectivity index (χ3n) is 1.91. The van der Waals surface area contributed by atoms with Gasteiger partial charge in [0.15, 0.2) is 0 Å². The van der Waals surface area contributed by atoms with Gasteiger partial charge in [0, 0.05) is 10.5 Å². The van der Waals surface area contributed by atoms with E-state index in [9.17, 15) is 13.6 Å². The molecule has 0 heterocycles. The van der Waals surface area contributed by atoms with Gasteiger partial charge >= 0.3 is 5.97 Å². The second-order valence-electron chi connectivity index (χ2n) is 3.22. The van der Waals surface area contributed by atoms with Crippen LogP contribution in [0.1, 0.15) is 12.5 Å². The normalized spacial score (nSPS) is 10.2. The summed E-state index contributed by atoms with van der Waals surface area (Å²) in [5, 5.41) is 8.52. The summed E-state index contributed by atoms with van der Waals surface area (Å²) in [5.41, 5.74) is -0.464. The molecule has 0 aliphatic heterocycles. The van der Waals surface area contributed by atoms with Crippen LogP contribution < -0.4 is 0 Å². The number of ether oxygens (including phenoxy) is 1. The van der Waals surface area contributed by atoms with Crippen molar-refractivity contribution >= 4 is 34.3 Å². The first-order valence-electron chi connectivity index (χ1n) is 4.98. The van der Waals surface area contributed by atoms with E-state index in [1.54, 1.807) is 6.92 Å². The summed E-state index contributed by atoms with van der Waals surface area (Å²) in [6, 6.07) is 2.08. The summed E-state index contributed by atoms with van der Waals surface area (Å²) < 4.78 is 32.1. The lowest BCUT2D eigenvalue weighted by Crippen LogP contribution is -2.06. The molecule has 1 aromatic rings. The van der Waals surface area contributed by atoms with Crippen LogP contribution in [-0.2, 0) is 16.0 Å². The Bertz CT molecular complexity index is 454. The molecule has 18 heavy (non-hydrogen) atoms. The number of rotatable bonds is 4. The van der Waals surface area contributed by atoms with E-state index in [1.807, 2.05) is 0 Å². The smallest absolute Gasteiger partial charge is 0.308 e. The highest BCUT2D eigenvalue weighted by atomic mass is 32.2. The standard InChI is InChI=1S/C11H10F2O3S2/c1-2-16-11(17)18-6-3-8(12)7(5-10(14)15)9(13)4-6/h3-4H,2,5H2,1H3,(H,14,15). The zero-order valence-electron chi connectivity index (χ0n) is 9.41. The van der Waals surface area contributed by atoms with Crippen LogP contribution in [0.3, 0.4) is 0 Å². The van der Waals surface area contributed by atoms with Crippen molar-refractivity contribution < 1.29 is 23.4 Å². The lowest BCUT2D eigenvalue weighted by Gasteiger charge is -2.07. The minimum atomic E-state index is -1.29. The number of thiocarbonyl (C=S) groups is 1. The Morgan fingerprint density at radius 1 is 1.44 bits per heavy atom. The average molecular weight is 292 g/mol. The molecule has 0 saturated carbocycles. The first-order chi connectivity index (χ1) is 8.43. The average Bonchev–Trinajstić information content (AvgIpc) is 2.23. The first kappa shape index (κ1) is 14.8. The van der Waals surface area contributed by atoms with E-state index in [0.29, 0.717) is 6.61 Å². The molecular weight excluding hydrogens is 282 g/mol. The van der Waals surface area contributed by atoms with Crippen molar-refractivity contribution in [2.24, 2.45) is 0 Å². The summed E-state index contributed by atoms with van der Waals surface area (Å²) in [5.74, 6) is -3.10. The van der Waals surface area contributed by atoms with Gasteiger partial charge < -0.3 is 9.84 Å². The lowest BCUT2D eigenvalue weighted by molar-refractivity contribution is -0.136. The van der Waals surface area contributed by atoms with Gasteiger partial charge in [-0.1, -0.05) is 0 Å². The molecule has 0 aliphatic rings. The van der Waals surface area contributed by atoms with Gasteiger partial charge in [-0.2, -0.15) is 0 Å². The number of carboxylic acid groups (broad SMARTS) is 1. The van der Waals surface area contributed by atoms with E-state index in [1.165, 1.54) is 0 Å². The molecule has 0 amide bonds. The Hall–Kier alpha value is -1.21. The summed E-state index contributed by atoms with van der Waals surface area (Å²) in [4.78, 5) is 10.7. The van der Waals surface area contributed by atoms with E-state index in [-0.39, 0.29) is 9.28 Å².